The van der Waals surface area contributed by atoms with Crippen LogP contribution in [0.3, 0.4) is 0 Å². The molecule has 0 N–H and O–H groups in total. The zero-order valence-electron chi connectivity index (χ0n) is 19.9. The first kappa shape index (κ1) is 25.0. The highest BCUT2D eigenvalue weighted by Gasteiger charge is 2.64. The molecular formula is C24H31ClN2O6. The van der Waals surface area contributed by atoms with E-state index in [2.05, 4.69) is 0 Å². The Morgan fingerprint density at radius 2 is 1.39 bits per heavy atom. The van der Waals surface area contributed by atoms with E-state index in [1.54, 1.807) is 41.5 Å². The smallest absolute Gasteiger partial charge is 0.425 e. The Balaban J connectivity index is 1.93. The molecule has 33 heavy (non-hydrogen) atoms. The summed E-state index contributed by atoms with van der Waals surface area (Å²) in [7, 11) is 0. The van der Waals surface area contributed by atoms with Crippen molar-refractivity contribution in [1.82, 2.24) is 9.80 Å². The Morgan fingerprint density at radius 1 is 0.909 bits per heavy atom. The first-order chi connectivity index (χ1) is 15.1. The zero-order valence-corrected chi connectivity index (χ0v) is 20.7. The van der Waals surface area contributed by atoms with Crippen LogP contribution >= 0.6 is 11.6 Å². The molecule has 2 fully saturated rings. The molecule has 1 aliphatic heterocycles. The summed E-state index contributed by atoms with van der Waals surface area (Å²) in [5.74, 6) is -0.617. The molecule has 1 saturated carbocycles. The third-order valence-electron chi connectivity index (χ3n) is 5.72. The lowest BCUT2D eigenvalue weighted by Crippen LogP contribution is -2.55. The fourth-order valence-corrected chi connectivity index (χ4v) is 4.43. The summed E-state index contributed by atoms with van der Waals surface area (Å²) in [5, 5.41) is 0.631. The highest BCUT2D eigenvalue weighted by atomic mass is 35.5. The van der Waals surface area contributed by atoms with Crippen molar-refractivity contribution in [3.8, 4) is 0 Å². The van der Waals surface area contributed by atoms with E-state index >= 15 is 0 Å². The molecule has 9 heteroatoms. The maximum atomic E-state index is 13.5. The molecule has 1 saturated heterocycles. The highest BCUT2D eigenvalue weighted by Crippen LogP contribution is 2.46. The fourth-order valence-electron chi connectivity index (χ4n) is 4.30. The van der Waals surface area contributed by atoms with Crippen LogP contribution in [0.4, 0.5) is 14.4 Å². The Morgan fingerprint density at radius 3 is 1.88 bits per heavy atom. The van der Waals surface area contributed by atoms with Crippen LogP contribution in [-0.4, -0.2) is 50.7 Å². The normalized spacial score (nSPS) is 23.8. The Bertz CT molecular complexity index is 953. The average Bonchev–Trinajstić information content (AvgIpc) is 2.87. The van der Waals surface area contributed by atoms with Crippen molar-refractivity contribution in [2.24, 2.45) is 0 Å². The third kappa shape index (κ3) is 5.16. The summed E-state index contributed by atoms with van der Waals surface area (Å²) < 4.78 is 10.7. The molecule has 1 spiro atoms. The molecule has 0 unspecified atom stereocenters. The topological polar surface area (TPSA) is 93.2 Å². The van der Waals surface area contributed by atoms with Gasteiger partial charge in [0.15, 0.2) is 0 Å². The minimum Gasteiger partial charge on any atom is -0.443 e. The number of rotatable bonds is 1. The minimum atomic E-state index is -1.49. The van der Waals surface area contributed by atoms with Crippen LogP contribution in [0, 0.1) is 0 Å². The Hall–Kier alpha value is -2.61. The van der Waals surface area contributed by atoms with Crippen LogP contribution < -0.4 is 0 Å². The van der Waals surface area contributed by atoms with Gasteiger partial charge in [0.2, 0.25) is 0 Å². The van der Waals surface area contributed by atoms with Gasteiger partial charge in [-0.2, -0.15) is 4.90 Å². The van der Waals surface area contributed by atoms with Crippen molar-refractivity contribution in [3.63, 3.8) is 0 Å². The van der Waals surface area contributed by atoms with Gasteiger partial charge in [-0.1, -0.05) is 23.7 Å². The lowest BCUT2D eigenvalue weighted by atomic mass is 9.73. The summed E-state index contributed by atoms with van der Waals surface area (Å²) in [6.45, 7) is 9.91. The highest BCUT2D eigenvalue weighted by molar-refractivity contribution is 6.30. The van der Waals surface area contributed by atoms with Crippen LogP contribution in [0.25, 0.3) is 0 Å². The number of carbonyl (C=O) groups is 4. The fraction of sp³-hybridized carbons (Fsp3) is 0.583. The van der Waals surface area contributed by atoms with Crippen molar-refractivity contribution in [2.75, 3.05) is 0 Å². The van der Waals surface area contributed by atoms with E-state index < -0.39 is 40.9 Å². The summed E-state index contributed by atoms with van der Waals surface area (Å²) in [4.78, 5) is 53.9. The SMILES string of the molecule is CC(C)(C)OC(=O)N1C(=O)N(C(=O)OC(C)(C)C)[C@]2(CC[C@@H](c3ccc(Cl)cc3)CC2)C1=O. The number of hydrogen-bond donors (Lipinski definition) is 0. The van der Waals surface area contributed by atoms with Gasteiger partial charge in [-0.25, -0.2) is 19.3 Å². The molecule has 1 aromatic rings. The van der Waals surface area contributed by atoms with Gasteiger partial charge < -0.3 is 9.47 Å². The molecule has 0 radical (unpaired) electrons. The van der Waals surface area contributed by atoms with E-state index in [0.29, 0.717) is 22.8 Å². The van der Waals surface area contributed by atoms with E-state index in [4.69, 9.17) is 21.1 Å². The number of imide groups is 4. The molecule has 0 bridgehead atoms. The van der Waals surface area contributed by atoms with Crippen LogP contribution in [0.5, 0.6) is 0 Å². The van der Waals surface area contributed by atoms with Gasteiger partial charge in [0.25, 0.3) is 5.91 Å². The summed E-state index contributed by atoms with van der Waals surface area (Å²) >= 11 is 5.99. The average molecular weight is 479 g/mol. The van der Waals surface area contributed by atoms with Crippen LogP contribution in [0.15, 0.2) is 24.3 Å². The molecular weight excluding hydrogens is 448 g/mol. The van der Waals surface area contributed by atoms with E-state index in [1.165, 1.54) is 0 Å². The van der Waals surface area contributed by atoms with Crippen LogP contribution in [0.1, 0.15) is 78.7 Å². The number of benzene rings is 1. The van der Waals surface area contributed by atoms with E-state index in [9.17, 15) is 19.2 Å². The number of ether oxygens (including phenoxy) is 2. The predicted octanol–water partition coefficient (Wildman–Crippen LogP) is 5.87. The first-order valence-corrected chi connectivity index (χ1v) is 11.4. The maximum absolute atomic E-state index is 13.5. The summed E-state index contributed by atoms with van der Waals surface area (Å²) in [6.07, 6.45) is -0.531. The quantitative estimate of drug-likeness (QED) is 0.468. The van der Waals surface area contributed by atoms with E-state index in [1.807, 2.05) is 24.3 Å². The molecule has 1 aromatic carbocycles. The molecule has 5 amide bonds. The second kappa shape index (κ2) is 8.63. The largest absolute Gasteiger partial charge is 0.443 e. The monoisotopic (exact) mass is 478 g/mol. The van der Waals surface area contributed by atoms with Crippen molar-refractivity contribution in [2.45, 2.75) is 89.9 Å². The molecule has 1 heterocycles. The van der Waals surface area contributed by atoms with E-state index in [0.717, 1.165) is 10.5 Å². The van der Waals surface area contributed by atoms with Gasteiger partial charge in [0.05, 0.1) is 0 Å². The predicted molar refractivity (Wildman–Crippen MR) is 122 cm³/mol. The second-order valence-corrected chi connectivity index (χ2v) is 11.0. The molecule has 8 nitrogen and oxygen atoms in total. The van der Waals surface area contributed by atoms with Crippen LogP contribution in [0.2, 0.25) is 5.02 Å². The zero-order chi connectivity index (χ0) is 24.8. The van der Waals surface area contributed by atoms with Crippen molar-refractivity contribution in [3.05, 3.63) is 34.9 Å². The van der Waals surface area contributed by atoms with Gasteiger partial charge in [0.1, 0.15) is 16.7 Å². The van der Waals surface area contributed by atoms with Gasteiger partial charge in [-0.15, -0.1) is 0 Å². The number of hydrogen-bond acceptors (Lipinski definition) is 6. The first-order valence-electron chi connectivity index (χ1n) is 11.0. The molecule has 0 aromatic heterocycles. The van der Waals surface area contributed by atoms with Crippen molar-refractivity contribution < 1.29 is 28.7 Å². The molecule has 180 valence electrons. The lowest BCUT2D eigenvalue weighted by Gasteiger charge is -2.40. The van der Waals surface area contributed by atoms with Gasteiger partial charge in [0, 0.05) is 5.02 Å². The Kier molecular flexibility index (Phi) is 6.54. The van der Waals surface area contributed by atoms with Gasteiger partial charge in [-0.3, -0.25) is 4.79 Å². The van der Waals surface area contributed by atoms with Crippen LogP contribution in [-0.2, 0) is 14.3 Å². The number of nitrogens with zero attached hydrogens (tertiary/aromatic N) is 2. The van der Waals surface area contributed by atoms with Gasteiger partial charge >= 0.3 is 18.2 Å². The molecule has 3 rings (SSSR count). The number of amides is 5. The molecule has 1 aliphatic carbocycles. The minimum absolute atomic E-state index is 0.131. The summed E-state index contributed by atoms with van der Waals surface area (Å²) in [6, 6.07) is 6.45. The van der Waals surface area contributed by atoms with Gasteiger partial charge in [-0.05, 0) is 90.8 Å². The second-order valence-electron chi connectivity index (χ2n) is 10.6. The molecule has 0 atom stereocenters. The summed E-state index contributed by atoms with van der Waals surface area (Å²) in [5.41, 5.74) is -2.23. The lowest BCUT2D eigenvalue weighted by molar-refractivity contribution is -0.134. The maximum Gasteiger partial charge on any atom is 0.425 e. The molecule has 2 aliphatic rings. The third-order valence-corrected chi connectivity index (χ3v) is 5.97. The van der Waals surface area contributed by atoms with Crippen molar-refractivity contribution in [1.29, 1.82) is 0 Å². The van der Waals surface area contributed by atoms with Crippen molar-refractivity contribution >= 4 is 35.7 Å². The Labute approximate surface area is 199 Å². The number of urea groups is 1. The number of carbonyl (C=O) groups excluding carboxylic acids is 4. The standard InChI is InChI=1S/C24H31ClN2O6/c1-22(2,3)32-20(30)26-18(28)24(27(19(26)29)21(31)33-23(4,5)6)13-11-16(12-14-24)15-7-9-17(25)10-8-15/h7-10,16H,11-14H2,1-6H3/t16-,24+. The van der Waals surface area contributed by atoms with E-state index in [-0.39, 0.29) is 18.8 Å². The number of halogens is 1.